The third kappa shape index (κ3) is 6.56. The Hall–Kier alpha value is 0.230. The van der Waals surface area contributed by atoms with Gasteiger partial charge in [0, 0.05) is 0 Å². The quantitative estimate of drug-likeness (QED) is 0.255. The topological polar surface area (TPSA) is 0 Å². The van der Waals surface area contributed by atoms with Crippen LogP contribution >= 0.6 is 28.8 Å². The Morgan fingerprint density at radius 3 is 1.61 bits per heavy atom. The second-order valence-corrected chi connectivity index (χ2v) is 15.5. The van der Waals surface area contributed by atoms with Gasteiger partial charge in [-0.15, -0.1) is 0 Å². The first-order valence-electron chi connectivity index (χ1n) is 9.36. The molecule has 0 unspecified atom stereocenters. The minimum atomic E-state index is -2.22. The van der Waals surface area contributed by atoms with Gasteiger partial charge in [0.15, 0.2) is 0 Å². The van der Waals surface area contributed by atoms with Crippen LogP contribution in [0.15, 0.2) is 24.3 Å². The van der Waals surface area contributed by atoms with Gasteiger partial charge in [-0.05, 0) is 0 Å². The van der Waals surface area contributed by atoms with Crippen LogP contribution in [0.25, 0.3) is 0 Å². The van der Waals surface area contributed by atoms with Crippen molar-refractivity contribution in [3.63, 3.8) is 0 Å². The molecule has 0 aliphatic heterocycles. The van der Waals surface area contributed by atoms with Crippen LogP contribution in [0.3, 0.4) is 0 Å². The van der Waals surface area contributed by atoms with Gasteiger partial charge in [-0.2, -0.15) is 0 Å². The Bertz CT molecular complexity index is 434. The third-order valence-electron chi connectivity index (χ3n) is 5.04. The summed E-state index contributed by atoms with van der Waals surface area (Å²) in [6, 6.07) is 8.66. The molecule has 0 atom stereocenters. The van der Waals surface area contributed by atoms with Crippen LogP contribution in [0.1, 0.15) is 70.4 Å². The Morgan fingerprint density at radius 1 is 0.783 bits per heavy atom. The van der Waals surface area contributed by atoms with E-state index in [0.29, 0.717) is 5.88 Å². The predicted octanol–water partition coefficient (Wildman–Crippen LogP) is 8.03. The van der Waals surface area contributed by atoms with Gasteiger partial charge in [-0.25, -0.2) is 0 Å². The average Bonchev–Trinajstić information content (AvgIpc) is 2.58. The maximum absolute atomic E-state index is 7.69. The summed E-state index contributed by atoms with van der Waals surface area (Å²) in [5.74, 6) is -1.63. The standard InChI is InChI=1S/C20H35Cl2P/c1-4-7-14-23(22,15-8-5-2,16-9-6-3)18-20-13-11-10-12-19(20)17-21/h10-13H,4-9,14-18H2,1-3H3. The molecule has 1 rings (SSSR count). The fraction of sp³-hybridized carbons (Fsp3) is 0.700. The molecular weight excluding hydrogens is 342 g/mol. The maximum atomic E-state index is 7.69. The molecule has 0 heterocycles. The van der Waals surface area contributed by atoms with Crippen molar-refractivity contribution < 1.29 is 0 Å². The van der Waals surface area contributed by atoms with Crippen molar-refractivity contribution in [2.45, 2.75) is 71.3 Å². The fourth-order valence-corrected chi connectivity index (χ4v) is 10.8. The Labute approximate surface area is 154 Å². The van der Waals surface area contributed by atoms with Gasteiger partial charge in [-0.1, -0.05) is 0 Å². The van der Waals surface area contributed by atoms with Crippen molar-refractivity contribution in [1.82, 2.24) is 0 Å². The van der Waals surface area contributed by atoms with Crippen molar-refractivity contribution in [2.24, 2.45) is 0 Å². The first-order chi connectivity index (χ1) is 11.0. The molecule has 0 aliphatic carbocycles. The fourth-order valence-electron chi connectivity index (χ4n) is 3.50. The van der Waals surface area contributed by atoms with Gasteiger partial charge in [0.05, 0.1) is 0 Å². The number of hydrogen-bond acceptors (Lipinski definition) is 0. The molecule has 134 valence electrons. The summed E-state index contributed by atoms with van der Waals surface area (Å²) < 4.78 is 0. The molecule has 3 heteroatoms. The van der Waals surface area contributed by atoms with Gasteiger partial charge in [0.25, 0.3) is 0 Å². The van der Waals surface area contributed by atoms with E-state index in [0.717, 1.165) is 6.16 Å². The molecule has 0 amide bonds. The summed E-state index contributed by atoms with van der Waals surface area (Å²) in [4.78, 5) is 0. The number of unbranched alkanes of at least 4 members (excludes halogenated alkanes) is 3. The zero-order chi connectivity index (χ0) is 17.2. The van der Waals surface area contributed by atoms with E-state index >= 15 is 0 Å². The van der Waals surface area contributed by atoms with Crippen molar-refractivity contribution in [2.75, 3.05) is 18.5 Å². The molecule has 1 aromatic carbocycles. The van der Waals surface area contributed by atoms with Gasteiger partial charge < -0.3 is 0 Å². The molecule has 0 saturated heterocycles. The van der Waals surface area contributed by atoms with E-state index in [-0.39, 0.29) is 0 Å². The number of alkyl halides is 1. The third-order valence-corrected chi connectivity index (χ3v) is 12.6. The van der Waals surface area contributed by atoms with E-state index in [9.17, 15) is 0 Å². The van der Waals surface area contributed by atoms with Crippen LogP contribution in [0.2, 0.25) is 0 Å². The summed E-state index contributed by atoms with van der Waals surface area (Å²) in [5, 5.41) is 0. The number of benzene rings is 1. The van der Waals surface area contributed by atoms with Crippen LogP contribution in [0.4, 0.5) is 0 Å². The normalized spacial score (nSPS) is 13.7. The van der Waals surface area contributed by atoms with E-state index in [1.54, 1.807) is 0 Å². The van der Waals surface area contributed by atoms with Crippen molar-refractivity contribution in [1.29, 1.82) is 0 Å². The van der Waals surface area contributed by atoms with Crippen molar-refractivity contribution in [3.05, 3.63) is 35.4 Å². The van der Waals surface area contributed by atoms with Gasteiger partial charge in [-0.3, -0.25) is 0 Å². The molecule has 0 nitrogen and oxygen atoms in total. The second kappa shape index (κ2) is 10.3. The minimum absolute atomic E-state index is 0.592. The zero-order valence-electron chi connectivity index (χ0n) is 15.3. The van der Waals surface area contributed by atoms with Gasteiger partial charge in [0.2, 0.25) is 0 Å². The van der Waals surface area contributed by atoms with Gasteiger partial charge in [0.1, 0.15) is 0 Å². The molecule has 0 bridgehead atoms. The van der Waals surface area contributed by atoms with Gasteiger partial charge >= 0.3 is 154 Å². The predicted molar refractivity (Wildman–Crippen MR) is 112 cm³/mol. The second-order valence-electron chi connectivity index (χ2n) is 7.11. The average molecular weight is 377 g/mol. The summed E-state index contributed by atoms with van der Waals surface area (Å²) in [6.07, 6.45) is 12.3. The molecule has 0 aromatic heterocycles. The number of hydrogen-bond donors (Lipinski definition) is 0. The number of halogens is 2. The van der Waals surface area contributed by atoms with Crippen molar-refractivity contribution >= 4 is 28.8 Å². The van der Waals surface area contributed by atoms with E-state index in [2.05, 4.69) is 45.0 Å². The zero-order valence-corrected chi connectivity index (χ0v) is 17.7. The first-order valence-corrected chi connectivity index (χ1v) is 13.8. The summed E-state index contributed by atoms with van der Waals surface area (Å²) in [6.45, 7) is 6.85. The molecule has 0 fully saturated rings. The summed E-state index contributed by atoms with van der Waals surface area (Å²) >= 11 is 13.9. The summed E-state index contributed by atoms with van der Waals surface area (Å²) in [5.41, 5.74) is 2.67. The van der Waals surface area contributed by atoms with E-state index < -0.39 is 5.96 Å². The van der Waals surface area contributed by atoms with Crippen LogP contribution in [-0.4, -0.2) is 18.5 Å². The molecule has 0 radical (unpaired) electrons. The van der Waals surface area contributed by atoms with Crippen LogP contribution < -0.4 is 0 Å². The van der Waals surface area contributed by atoms with Crippen LogP contribution in [0, 0.1) is 0 Å². The molecular formula is C20H35Cl2P. The monoisotopic (exact) mass is 376 g/mol. The van der Waals surface area contributed by atoms with E-state index in [4.69, 9.17) is 22.8 Å². The first kappa shape index (κ1) is 21.3. The molecule has 23 heavy (non-hydrogen) atoms. The molecule has 0 saturated carbocycles. The van der Waals surface area contributed by atoms with E-state index in [1.807, 2.05) is 0 Å². The van der Waals surface area contributed by atoms with Crippen LogP contribution in [0.5, 0.6) is 0 Å². The Kier molecular flexibility index (Phi) is 9.50. The molecule has 0 aliphatic rings. The molecule has 1 aromatic rings. The number of rotatable bonds is 12. The Balaban J connectivity index is 3.17. The Morgan fingerprint density at radius 2 is 1.22 bits per heavy atom. The van der Waals surface area contributed by atoms with Crippen molar-refractivity contribution in [3.8, 4) is 0 Å². The summed E-state index contributed by atoms with van der Waals surface area (Å²) in [7, 11) is 0. The molecule has 0 spiro atoms. The molecule has 0 N–H and O–H groups in total. The van der Waals surface area contributed by atoms with Crippen LogP contribution in [-0.2, 0) is 12.0 Å². The SMILES string of the molecule is CCCCP(Cl)(CCCC)(CCCC)Cc1ccccc1CCl. The van der Waals surface area contributed by atoms with E-state index in [1.165, 1.54) is 68.1 Å².